The van der Waals surface area contributed by atoms with Crippen LogP contribution in [-0.4, -0.2) is 29.5 Å². The van der Waals surface area contributed by atoms with Gasteiger partial charge in [0.2, 0.25) is 5.91 Å². The first-order chi connectivity index (χ1) is 6.57. The molecule has 1 amide bonds. The van der Waals surface area contributed by atoms with Crippen molar-refractivity contribution in [3.63, 3.8) is 0 Å². The summed E-state index contributed by atoms with van der Waals surface area (Å²) < 4.78 is 0. The lowest BCUT2D eigenvalue weighted by Gasteiger charge is -2.39. The van der Waals surface area contributed by atoms with Gasteiger partial charge in [-0.25, -0.2) is 0 Å². The highest BCUT2D eigenvalue weighted by molar-refractivity contribution is 7.98. The minimum absolute atomic E-state index is 0.0150. The van der Waals surface area contributed by atoms with E-state index in [1.165, 1.54) is 6.42 Å². The molecule has 0 aromatic rings. The van der Waals surface area contributed by atoms with Crippen molar-refractivity contribution in [2.75, 3.05) is 12.0 Å². The summed E-state index contributed by atoms with van der Waals surface area (Å²) in [5.41, 5.74) is 5.80. The second-order valence-electron chi connectivity index (χ2n) is 4.29. The number of thioether (sulfide) groups is 1. The van der Waals surface area contributed by atoms with Crippen molar-refractivity contribution in [1.29, 1.82) is 0 Å². The van der Waals surface area contributed by atoms with Crippen LogP contribution in [0.5, 0.6) is 0 Å². The van der Waals surface area contributed by atoms with E-state index in [1.54, 1.807) is 11.8 Å². The van der Waals surface area contributed by atoms with E-state index in [0.29, 0.717) is 0 Å². The zero-order valence-electron chi connectivity index (χ0n) is 9.01. The predicted molar refractivity (Wildman–Crippen MR) is 61.4 cm³/mol. The second-order valence-corrected chi connectivity index (χ2v) is 5.28. The molecule has 1 aliphatic rings. The zero-order chi connectivity index (χ0) is 10.6. The smallest absolute Gasteiger partial charge is 0.237 e. The van der Waals surface area contributed by atoms with Crippen LogP contribution >= 0.6 is 11.8 Å². The number of carbonyl (C=O) groups excluding carboxylic acids is 1. The molecule has 3 nitrogen and oxygen atoms in total. The Labute approximate surface area is 90.2 Å². The molecule has 0 spiro atoms. The van der Waals surface area contributed by atoms with Crippen molar-refractivity contribution >= 4 is 17.7 Å². The predicted octanol–water partition coefficient (Wildman–Crippen LogP) is 1.13. The van der Waals surface area contributed by atoms with Crippen LogP contribution in [-0.2, 0) is 4.79 Å². The van der Waals surface area contributed by atoms with Crippen LogP contribution in [0.1, 0.15) is 32.6 Å². The van der Waals surface area contributed by atoms with Crippen LogP contribution in [0.15, 0.2) is 0 Å². The summed E-state index contributed by atoms with van der Waals surface area (Å²) in [6, 6.07) is -0.333. The third-order valence-corrected chi connectivity index (χ3v) is 3.50. The molecule has 0 unspecified atom stereocenters. The van der Waals surface area contributed by atoms with E-state index < -0.39 is 0 Å². The highest BCUT2D eigenvalue weighted by Crippen LogP contribution is 2.30. The van der Waals surface area contributed by atoms with E-state index in [4.69, 9.17) is 5.73 Å². The van der Waals surface area contributed by atoms with Crippen LogP contribution in [0.2, 0.25) is 0 Å². The van der Waals surface area contributed by atoms with Gasteiger partial charge in [-0.3, -0.25) is 4.79 Å². The van der Waals surface area contributed by atoms with Gasteiger partial charge in [0.15, 0.2) is 0 Å². The SMILES string of the molecule is CSCC[C@H](N)C(=O)NC1(C)CCC1. The van der Waals surface area contributed by atoms with E-state index in [9.17, 15) is 4.79 Å². The number of hydrogen-bond donors (Lipinski definition) is 2. The van der Waals surface area contributed by atoms with Gasteiger partial charge in [0.25, 0.3) is 0 Å². The lowest BCUT2D eigenvalue weighted by atomic mass is 9.78. The third kappa shape index (κ3) is 3.17. The molecule has 0 heterocycles. The maximum Gasteiger partial charge on any atom is 0.237 e. The van der Waals surface area contributed by atoms with Gasteiger partial charge in [-0.15, -0.1) is 0 Å². The highest BCUT2D eigenvalue weighted by atomic mass is 32.2. The van der Waals surface area contributed by atoms with Gasteiger partial charge in [0.05, 0.1) is 6.04 Å². The molecule has 1 aliphatic carbocycles. The standard InChI is InChI=1S/C10H20N2OS/c1-10(5-3-6-10)12-9(13)8(11)4-7-14-2/h8H,3-7,11H2,1-2H3,(H,12,13)/t8-/m0/s1. The Morgan fingerprint density at radius 1 is 1.64 bits per heavy atom. The molecule has 1 rings (SSSR count). The Morgan fingerprint density at radius 2 is 2.29 bits per heavy atom. The van der Waals surface area contributed by atoms with Gasteiger partial charge in [-0.1, -0.05) is 0 Å². The molecule has 1 atom stereocenters. The van der Waals surface area contributed by atoms with Gasteiger partial charge >= 0.3 is 0 Å². The summed E-state index contributed by atoms with van der Waals surface area (Å²) in [6.07, 6.45) is 6.19. The van der Waals surface area contributed by atoms with Crippen molar-refractivity contribution in [3.05, 3.63) is 0 Å². The number of rotatable bonds is 5. The van der Waals surface area contributed by atoms with E-state index in [2.05, 4.69) is 12.2 Å². The molecule has 0 bridgehead atoms. The molecular weight excluding hydrogens is 196 g/mol. The maximum absolute atomic E-state index is 11.6. The lowest BCUT2D eigenvalue weighted by Crippen LogP contribution is -2.55. The largest absolute Gasteiger partial charge is 0.350 e. The van der Waals surface area contributed by atoms with Gasteiger partial charge in [-0.2, -0.15) is 11.8 Å². The number of nitrogens with one attached hydrogen (secondary N) is 1. The molecule has 1 fully saturated rings. The van der Waals surface area contributed by atoms with E-state index in [1.807, 2.05) is 6.26 Å². The van der Waals surface area contributed by atoms with Crippen molar-refractivity contribution in [2.24, 2.45) is 5.73 Å². The molecule has 14 heavy (non-hydrogen) atoms. The van der Waals surface area contributed by atoms with Crippen molar-refractivity contribution < 1.29 is 4.79 Å². The Morgan fingerprint density at radius 3 is 2.71 bits per heavy atom. The van der Waals surface area contributed by atoms with Gasteiger partial charge < -0.3 is 11.1 Å². The molecule has 0 aromatic heterocycles. The quantitative estimate of drug-likeness (QED) is 0.724. The van der Waals surface area contributed by atoms with Crippen LogP contribution in [0, 0.1) is 0 Å². The second kappa shape index (κ2) is 5.03. The molecule has 4 heteroatoms. The first-order valence-electron chi connectivity index (χ1n) is 5.14. The van der Waals surface area contributed by atoms with Crippen LogP contribution < -0.4 is 11.1 Å². The topological polar surface area (TPSA) is 55.1 Å². The number of nitrogens with two attached hydrogens (primary N) is 1. The van der Waals surface area contributed by atoms with Crippen LogP contribution in [0.3, 0.4) is 0 Å². The first-order valence-corrected chi connectivity index (χ1v) is 6.53. The van der Waals surface area contributed by atoms with Gasteiger partial charge in [0.1, 0.15) is 0 Å². The summed E-state index contributed by atoms with van der Waals surface area (Å²) in [5, 5.41) is 3.03. The molecule has 0 radical (unpaired) electrons. The molecule has 0 aromatic carbocycles. The average molecular weight is 216 g/mol. The summed E-state index contributed by atoms with van der Waals surface area (Å²) in [4.78, 5) is 11.6. The molecule has 3 N–H and O–H groups in total. The number of amides is 1. The molecule has 1 saturated carbocycles. The zero-order valence-corrected chi connectivity index (χ0v) is 9.82. The normalized spacial score (nSPS) is 21.1. The van der Waals surface area contributed by atoms with Gasteiger partial charge in [-0.05, 0) is 44.6 Å². The fourth-order valence-corrected chi connectivity index (χ4v) is 2.09. The monoisotopic (exact) mass is 216 g/mol. The Kier molecular flexibility index (Phi) is 4.26. The molecular formula is C10H20N2OS. The first kappa shape index (κ1) is 11.9. The Bertz CT molecular complexity index is 204. The third-order valence-electron chi connectivity index (χ3n) is 2.85. The average Bonchev–Trinajstić information content (AvgIpc) is 2.11. The number of carbonyl (C=O) groups is 1. The number of hydrogen-bond acceptors (Lipinski definition) is 3. The van der Waals surface area contributed by atoms with Crippen molar-refractivity contribution in [3.8, 4) is 0 Å². The fraction of sp³-hybridized carbons (Fsp3) is 0.900. The van der Waals surface area contributed by atoms with Crippen LogP contribution in [0.4, 0.5) is 0 Å². The van der Waals surface area contributed by atoms with Crippen molar-refractivity contribution in [2.45, 2.75) is 44.2 Å². The summed E-state index contributed by atoms with van der Waals surface area (Å²) in [6.45, 7) is 2.09. The summed E-state index contributed by atoms with van der Waals surface area (Å²) >= 11 is 1.73. The minimum Gasteiger partial charge on any atom is -0.350 e. The van der Waals surface area contributed by atoms with E-state index in [0.717, 1.165) is 25.0 Å². The van der Waals surface area contributed by atoms with Crippen molar-refractivity contribution in [1.82, 2.24) is 5.32 Å². The highest BCUT2D eigenvalue weighted by Gasteiger charge is 2.34. The fourth-order valence-electron chi connectivity index (χ4n) is 1.60. The Hall–Kier alpha value is -0.220. The molecule has 0 saturated heterocycles. The van der Waals surface area contributed by atoms with E-state index in [-0.39, 0.29) is 17.5 Å². The lowest BCUT2D eigenvalue weighted by molar-refractivity contribution is -0.125. The van der Waals surface area contributed by atoms with E-state index >= 15 is 0 Å². The molecule has 82 valence electrons. The minimum atomic E-state index is -0.333. The van der Waals surface area contributed by atoms with Gasteiger partial charge in [0, 0.05) is 5.54 Å². The van der Waals surface area contributed by atoms with Crippen LogP contribution in [0.25, 0.3) is 0 Å². The summed E-state index contributed by atoms with van der Waals surface area (Å²) in [5.74, 6) is 0.965. The molecule has 0 aliphatic heterocycles. The maximum atomic E-state index is 11.6. The summed E-state index contributed by atoms with van der Waals surface area (Å²) in [7, 11) is 0. The Balaban J connectivity index is 2.26.